The van der Waals surface area contributed by atoms with Crippen molar-refractivity contribution < 1.29 is 9.13 Å². The van der Waals surface area contributed by atoms with Crippen molar-refractivity contribution in [3.8, 4) is 5.75 Å². The smallest absolute Gasteiger partial charge is 0.129 e. The fourth-order valence-corrected chi connectivity index (χ4v) is 3.16. The molecule has 4 nitrogen and oxygen atoms in total. The molecule has 1 aromatic heterocycles. The maximum absolute atomic E-state index is 13.4. The summed E-state index contributed by atoms with van der Waals surface area (Å²) in [5, 5.41) is 0. The third kappa shape index (κ3) is 2.75. The van der Waals surface area contributed by atoms with Crippen LogP contribution in [0.5, 0.6) is 5.75 Å². The molecule has 2 aliphatic heterocycles. The van der Waals surface area contributed by atoms with E-state index in [1.165, 1.54) is 0 Å². The molecule has 0 N–H and O–H groups in total. The SMILES string of the molecule is CC(C)Oc1ccc2c(c1)C(c1ccnc(N3CCC(F)C3)c1)=N2. The molecule has 124 valence electrons. The lowest BCUT2D eigenvalue weighted by Crippen LogP contribution is -2.22. The Morgan fingerprint density at radius 1 is 1.25 bits per heavy atom. The fourth-order valence-electron chi connectivity index (χ4n) is 3.16. The lowest BCUT2D eigenvalue weighted by molar-refractivity contribution is 0.242. The summed E-state index contributed by atoms with van der Waals surface area (Å²) in [5.74, 6) is 1.67. The van der Waals surface area contributed by atoms with Crippen LogP contribution < -0.4 is 9.64 Å². The summed E-state index contributed by atoms with van der Waals surface area (Å²) in [6, 6.07) is 9.90. The van der Waals surface area contributed by atoms with Gasteiger partial charge in [-0.3, -0.25) is 0 Å². The lowest BCUT2D eigenvalue weighted by atomic mass is 9.96. The van der Waals surface area contributed by atoms with Gasteiger partial charge in [-0.1, -0.05) is 0 Å². The monoisotopic (exact) mass is 325 g/mol. The standard InChI is InChI=1S/C19H20FN3O/c1-12(2)24-15-3-4-17-16(10-15)19(22-17)13-5-7-21-18(9-13)23-8-6-14(20)11-23/h3-5,7,9-10,12,14H,6,8,11H2,1-2H3. The van der Waals surface area contributed by atoms with E-state index in [9.17, 15) is 4.39 Å². The van der Waals surface area contributed by atoms with E-state index < -0.39 is 6.17 Å². The van der Waals surface area contributed by atoms with Gasteiger partial charge in [0.2, 0.25) is 0 Å². The van der Waals surface area contributed by atoms with Crippen molar-refractivity contribution in [1.29, 1.82) is 0 Å². The number of alkyl halides is 1. The quantitative estimate of drug-likeness (QED) is 0.730. The Bertz CT molecular complexity index is 803. The number of ether oxygens (including phenoxy) is 1. The van der Waals surface area contributed by atoms with Crippen molar-refractivity contribution in [3.05, 3.63) is 47.7 Å². The fraction of sp³-hybridized carbons (Fsp3) is 0.368. The zero-order chi connectivity index (χ0) is 16.7. The topological polar surface area (TPSA) is 37.7 Å². The number of benzene rings is 1. The predicted octanol–water partition coefficient (Wildman–Crippen LogP) is 3.90. The number of hydrogen-bond acceptors (Lipinski definition) is 4. The molecule has 1 unspecified atom stereocenters. The number of halogens is 1. The number of pyridine rings is 1. The first-order valence-electron chi connectivity index (χ1n) is 8.35. The van der Waals surface area contributed by atoms with Crippen LogP contribution in [-0.2, 0) is 0 Å². The summed E-state index contributed by atoms with van der Waals surface area (Å²) < 4.78 is 19.2. The first-order valence-corrected chi connectivity index (χ1v) is 8.35. The van der Waals surface area contributed by atoms with Crippen molar-refractivity contribution >= 4 is 17.2 Å². The molecule has 1 saturated heterocycles. The van der Waals surface area contributed by atoms with Crippen LogP contribution in [-0.4, -0.2) is 36.1 Å². The van der Waals surface area contributed by atoms with E-state index in [4.69, 9.17) is 4.74 Å². The number of fused-ring (bicyclic) bond motifs is 1. The molecular formula is C19H20FN3O. The minimum atomic E-state index is -0.757. The maximum atomic E-state index is 13.4. The van der Waals surface area contributed by atoms with Gasteiger partial charge in [0.15, 0.2) is 0 Å². The molecule has 5 heteroatoms. The summed E-state index contributed by atoms with van der Waals surface area (Å²) in [6.07, 6.45) is 1.73. The van der Waals surface area contributed by atoms with Gasteiger partial charge >= 0.3 is 0 Å². The Kier molecular flexibility index (Phi) is 3.71. The third-order valence-electron chi connectivity index (χ3n) is 4.30. The summed E-state index contributed by atoms with van der Waals surface area (Å²) in [7, 11) is 0. The van der Waals surface area contributed by atoms with Gasteiger partial charge < -0.3 is 9.64 Å². The van der Waals surface area contributed by atoms with E-state index in [1.807, 2.05) is 49.1 Å². The molecule has 1 aromatic carbocycles. The predicted molar refractivity (Wildman–Crippen MR) is 93.5 cm³/mol. The van der Waals surface area contributed by atoms with Gasteiger partial charge in [-0.2, -0.15) is 0 Å². The number of aliphatic imine (C=N–C) groups is 1. The molecule has 2 aliphatic rings. The average molecular weight is 325 g/mol. The largest absolute Gasteiger partial charge is 0.491 e. The summed E-state index contributed by atoms with van der Waals surface area (Å²) in [5.41, 5.74) is 4.02. The Hall–Kier alpha value is -2.43. The number of anilines is 1. The van der Waals surface area contributed by atoms with Gasteiger partial charge in [-0.25, -0.2) is 14.4 Å². The van der Waals surface area contributed by atoms with Crippen molar-refractivity contribution in [2.75, 3.05) is 18.0 Å². The normalized spacial score (nSPS) is 19.1. The molecule has 0 amide bonds. The first kappa shape index (κ1) is 15.1. The van der Waals surface area contributed by atoms with E-state index in [0.717, 1.165) is 34.1 Å². The number of rotatable bonds is 4. The molecule has 1 fully saturated rings. The molecule has 1 atom stereocenters. The Morgan fingerprint density at radius 2 is 2.12 bits per heavy atom. The summed E-state index contributed by atoms with van der Waals surface area (Å²) in [6.45, 7) is 5.16. The molecule has 0 radical (unpaired) electrons. The zero-order valence-corrected chi connectivity index (χ0v) is 13.9. The Balaban J connectivity index is 1.59. The number of aromatic nitrogens is 1. The summed E-state index contributed by atoms with van der Waals surface area (Å²) >= 11 is 0. The lowest BCUT2D eigenvalue weighted by Gasteiger charge is -2.22. The van der Waals surface area contributed by atoms with E-state index in [0.29, 0.717) is 19.5 Å². The third-order valence-corrected chi connectivity index (χ3v) is 4.30. The maximum Gasteiger partial charge on any atom is 0.129 e. The van der Waals surface area contributed by atoms with Gasteiger partial charge in [0.1, 0.15) is 17.7 Å². The van der Waals surface area contributed by atoms with Crippen molar-refractivity contribution in [2.24, 2.45) is 4.99 Å². The van der Waals surface area contributed by atoms with E-state index in [-0.39, 0.29) is 6.10 Å². The second-order valence-corrected chi connectivity index (χ2v) is 6.54. The molecular weight excluding hydrogens is 305 g/mol. The van der Waals surface area contributed by atoms with Gasteiger partial charge in [-0.15, -0.1) is 0 Å². The average Bonchev–Trinajstić information content (AvgIpc) is 2.96. The van der Waals surface area contributed by atoms with Crippen molar-refractivity contribution in [2.45, 2.75) is 32.5 Å². The van der Waals surface area contributed by atoms with Crippen LogP contribution in [0.1, 0.15) is 31.4 Å². The minimum Gasteiger partial charge on any atom is -0.491 e. The number of hydrogen-bond donors (Lipinski definition) is 0. The van der Waals surface area contributed by atoms with Crippen LogP contribution in [0.15, 0.2) is 41.5 Å². The van der Waals surface area contributed by atoms with Crippen LogP contribution in [0.4, 0.5) is 15.9 Å². The van der Waals surface area contributed by atoms with Crippen molar-refractivity contribution in [3.63, 3.8) is 0 Å². The Morgan fingerprint density at radius 3 is 2.88 bits per heavy atom. The molecule has 24 heavy (non-hydrogen) atoms. The minimum absolute atomic E-state index is 0.139. The van der Waals surface area contributed by atoms with Crippen LogP contribution in [0, 0.1) is 0 Å². The molecule has 4 rings (SSSR count). The van der Waals surface area contributed by atoms with Crippen LogP contribution in [0.2, 0.25) is 0 Å². The Labute approximate surface area is 141 Å². The highest BCUT2D eigenvalue weighted by atomic mass is 19.1. The molecule has 0 aliphatic carbocycles. The highest BCUT2D eigenvalue weighted by molar-refractivity contribution is 6.22. The highest BCUT2D eigenvalue weighted by Gasteiger charge is 2.25. The molecule has 0 spiro atoms. The molecule has 2 aromatic rings. The number of nitrogens with zero attached hydrogens (tertiary/aromatic N) is 3. The van der Waals surface area contributed by atoms with Gasteiger partial charge in [0.05, 0.1) is 24.0 Å². The first-order chi connectivity index (χ1) is 11.6. The van der Waals surface area contributed by atoms with Crippen LogP contribution in [0.25, 0.3) is 0 Å². The van der Waals surface area contributed by atoms with Gasteiger partial charge in [-0.05, 0) is 50.6 Å². The molecule has 0 saturated carbocycles. The zero-order valence-electron chi connectivity index (χ0n) is 13.9. The van der Waals surface area contributed by atoms with Crippen LogP contribution in [0.3, 0.4) is 0 Å². The second-order valence-electron chi connectivity index (χ2n) is 6.54. The summed E-state index contributed by atoms with van der Waals surface area (Å²) in [4.78, 5) is 11.0. The highest BCUT2D eigenvalue weighted by Crippen LogP contribution is 2.36. The van der Waals surface area contributed by atoms with E-state index in [1.54, 1.807) is 6.20 Å². The van der Waals surface area contributed by atoms with E-state index in [2.05, 4.69) is 9.98 Å². The molecule has 3 heterocycles. The second kappa shape index (κ2) is 5.89. The van der Waals surface area contributed by atoms with Crippen LogP contribution >= 0.6 is 0 Å². The van der Waals surface area contributed by atoms with Gasteiger partial charge in [0, 0.05) is 23.9 Å². The molecule has 0 bridgehead atoms. The van der Waals surface area contributed by atoms with Crippen molar-refractivity contribution in [1.82, 2.24) is 4.98 Å². The van der Waals surface area contributed by atoms with Gasteiger partial charge in [0.25, 0.3) is 0 Å². The van der Waals surface area contributed by atoms with E-state index >= 15 is 0 Å².